The largest absolute Gasteiger partial charge is 0.459 e. The van der Waals surface area contributed by atoms with Gasteiger partial charge in [0.05, 0.1) is 26.8 Å². The molecule has 4 amide bonds. The van der Waals surface area contributed by atoms with Gasteiger partial charge >= 0.3 is 18.2 Å². The summed E-state index contributed by atoms with van der Waals surface area (Å²) in [5.41, 5.74) is 3.88. The molecule has 1 aromatic carbocycles. The number of methoxy groups -OCH3 is 2. The smallest absolute Gasteiger partial charge is 0.407 e. The lowest BCUT2D eigenvalue weighted by molar-refractivity contribution is -0.153. The van der Waals surface area contributed by atoms with E-state index in [1.807, 2.05) is 44.2 Å². The first kappa shape index (κ1) is 39.3. The second-order valence-corrected chi connectivity index (χ2v) is 12.8. The number of nitrogens with one attached hydrogen (secondary N) is 4. The zero-order chi connectivity index (χ0) is 34.9. The highest BCUT2D eigenvalue weighted by Gasteiger charge is 2.35. The van der Waals surface area contributed by atoms with Crippen molar-refractivity contribution >= 4 is 30.0 Å². The Morgan fingerprint density at radius 2 is 1.36 bits per heavy atom. The molecule has 4 N–H and O–H groups in total. The van der Waals surface area contributed by atoms with Gasteiger partial charge in [0.1, 0.15) is 18.2 Å². The van der Waals surface area contributed by atoms with Gasteiger partial charge in [0.2, 0.25) is 5.91 Å². The second kappa shape index (κ2) is 20.4. The molecule has 0 heterocycles. The van der Waals surface area contributed by atoms with Gasteiger partial charge in [-0.25, -0.2) is 14.6 Å². The number of ether oxygens (including phenoxy) is 3. The van der Waals surface area contributed by atoms with Crippen molar-refractivity contribution in [2.75, 3.05) is 27.3 Å². The molecule has 0 saturated heterocycles. The van der Waals surface area contributed by atoms with Crippen LogP contribution in [0.25, 0.3) is 0 Å². The average Bonchev–Trinajstić information content (AvgIpc) is 3.05. The van der Waals surface area contributed by atoms with E-state index in [0.29, 0.717) is 13.0 Å². The van der Waals surface area contributed by atoms with Gasteiger partial charge in [-0.1, -0.05) is 84.2 Å². The molecule has 0 unspecified atom stereocenters. The minimum atomic E-state index is -0.919. The Bertz CT molecular complexity index is 1140. The van der Waals surface area contributed by atoms with Crippen LogP contribution in [0.4, 0.5) is 9.59 Å². The molecule has 0 radical (unpaired) electrons. The van der Waals surface area contributed by atoms with Crippen molar-refractivity contribution in [3.63, 3.8) is 0 Å². The fraction of sp³-hybridized carbons (Fsp3) is 0.676. The fourth-order valence-electron chi connectivity index (χ4n) is 5.65. The van der Waals surface area contributed by atoms with Gasteiger partial charge < -0.3 is 30.2 Å². The first-order valence-electron chi connectivity index (χ1n) is 16.7. The summed E-state index contributed by atoms with van der Waals surface area (Å²) in [5, 5.41) is 10.00. The molecule has 13 heteroatoms. The highest BCUT2D eigenvalue weighted by atomic mass is 16.5. The van der Waals surface area contributed by atoms with E-state index in [1.165, 1.54) is 14.2 Å². The Balaban J connectivity index is 2.50. The minimum Gasteiger partial charge on any atom is -0.459 e. The van der Waals surface area contributed by atoms with E-state index in [9.17, 15) is 24.0 Å². The van der Waals surface area contributed by atoms with Crippen molar-refractivity contribution in [1.29, 1.82) is 0 Å². The highest BCUT2D eigenvalue weighted by Crippen LogP contribution is 2.25. The van der Waals surface area contributed by atoms with Crippen LogP contribution in [0.1, 0.15) is 78.7 Å². The number of amides is 4. The van der Waals surface area contributed by atoms with Crippen molar-refractivity contribution in [3.8, 4) is 0 Å². The zero-order valence-electron chi connectivity index (χ0n) is 29.0. The van der Waals surface area contributed by atoms with Crippen LogP contribution >= 0.6 is 0 Å². The maximum Gasteiger partial charge on any atom is 0.407 e. The summed E-state index contributed by atoms with van der Waals surface area (Å²) >= 11 is 0. The Morgan fingerprint density at radius 1 is 0.809 bits per heavy atom. The third-order valence-corrected chi connectivity index (χ3v) is 8.33. The van der Waals surface area contributed by atoms with E-state index < -0.39 is 54.2 Å². The van der Waals surface area contributed by atoms with Gasteiger partial charge in [-0.2, -0.15) is 0 Å². The first-order chi connectivity index (χ1) is 22.4. The lowest BCUT2D eigenvalue weighted by Crippen LogP contribution is -2.60. The fourth-order valence-corrected chi connectivity index (χ4v) is 5.65. The molecule has 1 aliphatic rings. The second-order valence-electron chi connectivity index (χ2n) is 12.8. The maximum atomic E-state index is 13.7. The van der Waals surface area contributed by atoms with Crippen molar-refractivity contribution in [2.24, 2.45) is 17.8 Å². The summed E-state index contributed by atoms with van der Waals surface area (Å²) in [6, 6.07) is 6.94. The number of hydrogen-bond acceptors (Lipinski definition) is 9. The summed E-state index contributed by atoms with van der Waals surface area (Å²) in [6.45, 7) is 9.47. The van der Waals surface area contributed by atoms with Crippen LogP contribution in [-0.2, 0) is 35.0 Å². The van der Waals surface area contributed by atoms with Crippen LogP contribution in [-0.4, -0.2) is 86.5 Å². The molecule has 13 nitrogen and oxygen atoms in total. The van der Waals surface area contributed by atoms with Gasteiger partial charge in [0.25, 0.3) is 5.91 Å². The molecular weight excluding hydrogens is 606 g/mol. The molecular formula is C34H55N5O8. The number of nitrogens with zero attached hydrogens (tertiary/aromatic N) is 1. The molecule has 0 bridgehead atoms. The van der Waals surface area contributed by atoms with E-state index in [2.05, 4.69) is 21.4 Å². The van der Waals surface area contributed by atoms with Crippen molar-refractivity contribution in [1.82, 2.24) is 26.4 Å². The SMILES string of the molecule is CCC(=O)O[C@@H](CN(CC1CCCCC1)NC(=O)[C@@H](NC(=O)OC)C(C)C)[C@H](Cc1ccccc1)NC(=O)[C@@H](NC(=O)OC)C(C)C. The Labute approximate surface area is 279 Å². The number of carbonyl (C=O) groups excluding carboxylic acids is 5. The molecule has 1 aliphatic carbocycles. The lowest BCUT2D eigenvalue weighted by Gasteiger charge is -2.36. The monoisotopic (exact) mass is 661 g/mol. The predicted molar refractivity (Wildman–Crippen MR) is 177 cm³/mol. The third kappa shape index (κ3) is 13.8. The summed E-state index contributed by atoms with van der Waals surface area (Å²) in [6.07, 6.45) is 3.33. The van der Waals surface area contributed by atoms with Crippen LogP contribution in [0, 0.1) is 17.8 Å². The summed E-state index contributed by atoms with van der Waals surface area (Å²) in [5.74, 6) is -1.61. The molecule has 0 aliphatic heterocycles. The molecule has 2 rings (SSSR count). The number of carbonyl (C=O) groups is 5. The molecule has 0 aromatic heterocycles. The van der Waals surface area contributed by atoms with Gasteiger partial charge in [0.15, 0.2) is 0 Å². The maximum absolute atomic E-state index is 13.7. The highest BCUT2D eigenvalue weighted by molar-refractivity contribution is 5.86. The predicted octanol–water partition coefficient (Wildman–Crippen LogP) is 3.71. The van der Waals surface area contributed by atoms with Crippen LogP contribution in [0.3, 0.4) is 0 Å². The minimum absolute atomic E-state index is 0.0611. The summed E-state index contributed by atoms with van der Waals surface area (Å²) in [7, 11) is 2.46. The Morgan fingerprint density at radius 3 is 1.87 bits per heavy atom. The molecule has 1 saturated carbocycles. The summed E-state index contributed by atoms with van der Waals surface area (Å²) < 4.78 is 15.5. The van der Waals surface area contributed by atoms with E-state index >= 15 is 0 Å². The Kier molecular flexibility index (Phi) is 17.0. The molecule has 4 atom stereocenters. The first-order valence-corrected chi connectivity index (χ1v) is 16.7. The molecule has 264 valence electrons. The standard InChI is InChI=1S/C34H55N5O8/c1-8-28(40)47-27(26(19-24-15-11-9-12-16-24)35-31(41)29(22(2)3)36-33(43)45-6)21-39(20-25-17-13-10-14-18-25)38-32(42)30(23(4)5)37-34(44)46-7/h9,11-12,15-16,22-23,25-27,29-30H,8,10,13-14,17-21H2,1-7H3,(H,35,41)(H,36,43)(H,37,44)(H,38,42)/t26-,27-,29-,30-/m0/s1. The zero-order valence-corrected chi connectivity index (χ0v) is 29.0. The number of esters is 1. The van der Waals surface area contributed by atoms with Gasteiger partial charge in [-0.3, -0.25) is 19.8 Å². The van der Waals surface area contributed by atoms with Crippen LogP contribution in [0.5, 0.6) is 0 Å². The lowest BCUT2D eigenvalue weighted by atomic mass is 9.89. The van der Waals surface area contributed by atoms with E-state index in [0.717, 1.165) is 37.7 Å². The van der Waals surface area contributed by atoms with Crippen molar-refractivity contribution in [2.45, 2.75) is 104 Å². The number of alkyl carbamates (subject to hydrolysis) is 2. The van der Waals surface area contributed by atoms with Gasteiger partial charge in [-0.05, 0) is 42.6 Å². The number of hydrogen-bond donors (Lipinski definition) is 4. The van der Waals surface area contributed by atoms with Crippen LogP contribution in [0.15, 0.2) is 30.3 Å². The Hall–Kier alpha value is -3.87. The molecule has 1 aromatic rings. The van der Waals surface area contributed by atoms with Gasteiger partial charge in [0, 0.05) is 13.0 Å². The van der Waals surface area contributed by atoms with Gasteiger partial charge in [-0.15, -0.1) is 0 Å². The molecule has 0 spiro atoms. The third-order valence-electron chi connectivity index (χ3n) is 8.33. The number of rotatable bonds is 17. The quantitative estimate of drug-likeness (QED) is 0.111. The van der Waals surface area contributed by atoms with Crippen LogP contribution in [0.2, 0.25) is 0 Å². The topological polar surface area (TPSA) is 164 Å². The van der Waals surface area contributed by atoms with E-state index in [4.69, 9.17) is 14.2 Å². The van der Waals surface area contributed by atoms with E-state index in [-0.39, 0.29) is 30.7 Å². The molecule has 47 heavy (non-hydrogen) atoms. The van der Waals surface area contributed by atoms with Crippen LogP contribution < -0.4 is 21.4 Å². The summed E-state index contributed by atoms with van der Waals surface area (Å²) in [4.78, 5) is 64.4. The molecule has 1 fully saturated rings. The van der Waals surface area contributed by atoms with Crippen molar-refractivity contribution in [3.05, 3.63) is 35.9 Å². The van der Waals surface area contributed by atoms with E-state index in [1.54, 1.807) is 25.8 Å². The number of hydrazine groups is 1. The van der Waals surface area contributed by atoms with Crippen molar-refractivity contribution < 1.29 is 38.2 Å². The average molecular weight is 662 g/mol. The normalized spacial score (nSPS) is 16.0. The number of benzene rings is 1.